The Morgan fingerprint density at radius 3 is 2.18 bits per heavy atom. The zero-order chi connectivity index (χ0) is 14.5. The fourth-order valence-electron chi connectivity index (χ4n) is 2.86. The smallest absolute Gasteiger partial charge is 0.191 e. The van der Waals surface area contributed by atoms with E-state index in [1.807, 2.05) is 7.05 Å². The van der Waals surface area contributed by atoms with Crippen LogP contribution < -0.4 is 10.6 Å². The van der Waals surface area contributed by atoms with Gasteiger partial charge in [0.2, 0.25) is 0 Å². The summed E-state index contributed by atoms with van der Waals surface area (Å²) in [6, 6.07) is 12.0. The Balaban J connectivity index is 0.00000176. The lowest BCUT2D eigenvalue weighted by Crippen LogP contribution is -2.48. The van der Waals surface area contributed by atoms with Gasteiger partial charge in [0.1, 0.15) is 0 Å². The van der Waals surface area contributed by atoms with Gasteiger partial charge in [-0.15, -0.1) is 24.0 Å². The number of rotatable bonds is 4. The number of hydrogen-bond acceptors (Lipinski definition) is 2. The van der Waals surface area contributed by atoms with E-state index in [2.05, 4.69) is 50.9 Å². The highest BCUT2D eigenvalue weighted by Gasteiger charge is 2.24. The van der Waals surface area contributed by atoms with Gasteiger partial charge in [0.25, 0.3) is 0 Å². The first-order valence-corrected chi connectivity index (χ1v) is 8.09. The molecule has 1 saturated heterocycles. The summed E-state index contributed by atoms with van der Waals surface area (Å²) in [5.74, 6) is 0.985. The second-order valence-electron chi connectivity index (χ2n) is 6.17. The minimum atomic E-state index is 0. The zero-order valence-electron chi connectivity index (χ0n) is 13.3. The van der Waals surface area contributed by atoms with Crippen LogP contribution in [0.1, 0.15) is 31.2 Å². The standard InChI is InChI=1S/C17H26N4.HI/c1-18-17(19-15-7-8-15)20-16-9-11-21(12-10-16)13-14-5-3-2-4-6-14;/h2-6,15-16H,7-13H2,1H3,(H2,18,19,20);1H. The van der Waals surface area contributed by atoms with E-state index < -0.39 is 0 Å². The maximum atomic E-state index is 4.33. The summed E-state index contributed by atoms with van der Waals surface area (Å²) in [5.41, 5.74) is 1.41. The number of aliphatic imine (C=N–C) groups is 1. The van der Waals surface area contributed by atoms with Crippen molar-refractivity contribution in [2.75, 3.05) is 20.1 Å². The molecule has 2 aliphatic rings. The molecule has 22 heavy (non-hydrogen) atoms. The van der Waals surface area contributed by atoms with Gasteiger partial charge in [-0.1, -0.05) is 30.3 Å². The molecule has 0 spiro atoms. The third kappa shape index (κ3) is 5.43. The summed E-state index contributed by atoms with van der Waals surface area (Å²) in [4.78, 5) is 6.88. The van der Waals surface area contributed by atoms with Gasteiger partial charge in [-0.2, -0.15) is 0 Å². The molecule has 1 aliphatic heterocycles. The Bertz CT molecular complexity index is 465. The van der Waals surface area contributed by atoms with E-state index in [4.69, 9.17) is 0 Å². The highest BCUT2D eigenvalue weighted by molar-refractivity contribution is 14.0. The van der Waals surface area contributed by atoms with Crippen molar-refractivity contribution in [3.8, 4) is 0 Å². The summed E-state index contributed by atoms with van der Waals surface area (Å²) in [7, 11) is 1.86. The number of piperidine rings is 1. The zero-order valence-corrected chi connectivity index (χ0v) is 15.6. The second kappa shape index (κ2) is 8.72. The normalized spacial score (nSPS) is 20.3. The van der Waals surface area contributed by atoms with Crippen molar-refractivity contribution in [2.45, 2.75) is 44.3 Å². The van der Waals surface area contributed by atoms with Gasteiger partial charge in [-0.3, -0.25) is 9.89 Å². The van der Waals surface area contributed by atoms with Crippen molar-refractivity contribution in [1.82, 2.24) is 15.5 Å². The minimum absolute atomic E-state index is 0. The first-order valence-electron chi connectivity index (χ1n) is 8.09. The van der Waals surface area contributed by atoms with Gasteiger partial charge in [-0.25, -0.2) is 0 Å². The molecule has 1 saturated carbocycles. The van der Waals surface area contributed by atoms with Crippen molar-refractivity contribution >= 4 is 29.9 Å². The van der Waals surface area contributed by atoms with Crippen molar-refractivity contribution < 1.29 is 0 Å². The lowest BCUT2D eigenvalue weighted by molar-refractivity contribution is 0.198. The lowest BCUT2D eigenvalue weighted by atomic mass is 10.0. The molecule has 122 valence electrons. The summed E-state index contributed by atoms with van der Waals surface area (Å²) in [6.45, 7) is 3.39. The van der Waals surface area contributed by atoms with Crippen molar-refractivity contribution in [2.24, 2.45) is 4.99 Å². The van der Waals surface area contributed by atoms with Gasteiger partial charge in [0.05, 0.1) is 0 Å². The number of guanidine groups is 1. The maximum Gasteiger partial charge on any atom is 0.191 e. The van der Waals surface area contributed by atoms with E-state index in [9.17, 15) is 0 Å². The number of likely N-dealkylation sites (tertiary alicyclic amines) is 1. The van der Waals surface area contributed by atoms with Gasteiger partial charge in [-0.05, 0) is 31.2 Å². The lowest BCUT2D eigenvalue weighted by Gasteiger charge is -2.33. The molecule has 0 amide bonds. The van der Waals surface area contributed by atoms with Crippen molar-refractivity contribution in [1.29, 1.82) is 0 Å². The first-order chi connectivity index (χ1) is 10.3. The number of benzene rings is 1. The summed E-state index contributed by atoms with van der Waals surface area (Å²) >= 11 is 0. The molecule has 3 rings (SSSR count). The van der Waals surface area contributed by atoms with Crippen LogP contribution in [0.25, 0.3) is 0 Å². The molecule has 0 radical (unpaired) electrons. The Morgan fingerprint density at radius 2 is 1.64 bits per heavy atom. The third-order valence-electron chi connectivity index (χ3n) is 4.32. The number of nitrogens with one attached hydrogen (secondary N) is 2. The van der Waals surface area contributed by atoms with Gasteiger partial charge in [0, 0.05) is 38.8 Å². The Labute approximate surface area is 150 Å². The first kappa shape index (κ1) is 17.5. The van der Waals surface area contributed by atoms with Crippen LogP contribution in [0.15, 0.2) is 35.3 Å². The number of nitrogens with zero attached hydrogens (tertiary/aromatic N) is 2. The van der Waals surface area contributed by atoms with Crippen molar-refractivity contribution in [3.05, 3.63) is 35.9 Å². The van der Waals surface area contributed by atoms with Crippen LogP contribution in [0.5, 0.6) is 0 Å². The predicted octanol–water partition coefficient (Wildman–Crippen LogP) is 2.60. The third-order valence-corrected chi connectivity index (χ3v) is 4.32. The van der Waals surface area contributed by atoms with Gasteiger partial charge >= 0.3 is 0 Å². The fourth-order valence-corrected chi connectivity index (χ4v) is 2.86. The summed E-state index contributed by atoms with van der Waals surface area (Å²) in [6.07, 6.45) is 4.96. The van der Waals surface area contributed by atoms with Crippen molar-refractivity contribution in [3.63, 3.8) is 0 Å². The van der Waals surface area contributed by atoms with E-state index in [0.717, 1.165) is 25.6 Å². The van der Waals surface area contributed by atoms with E-state index >= 15 is 0 Å². The van der Waals surface area contributed by atoms with E-state index in [0.29, 0.717) is 12.1 Å². The quantitative estimate of drug-likeness (QED) is 0.452. The second-order valence-corrected chi connectivity index (χ2v) is 6.17. The topological polar surface area (TPSA) is 39.7 Å². The molecular formula is C17H27IN4. The molecule has 1 aromatic rings. The summed E-state index contributed by atoms with van der Waals surface area (Å²) in [5, 5.41) is 7.04. The number of hydrogen-bond donors (Lipinski definition) is 2. The van der Waals surface area contributed by atoms with E-state index in [1.165, 1.54) is 31.2 Å². The van der Waals surface area contributed by atoms with Gasteiger partial charge in [0.15, 0.2) is 5.96 Å². The average Bonchev–Trinajstić information content (AvgIpc) is 3.33. The van der Waals surface area contributed by atoms with E-state index in [-0.39, 0.29) is 24.0 Å². The molecule has 4 nitrogen and oxygen atoms in total. The molecule has 1 aromatic carbocycles. The minimum Gasteiger partial charge on any atom is -0.354 e. The highest BCUT2D eigenvalue weighted by Crippen LogP contribution is 2.19. The van der Waals surface area contributed by atoms with Crippen LogP contribution in [-0.4, -0.2) is 43.1 Å². The molecule has 1 aliphatic carbocycles. The molecule has 0 aromatic heterocycles. The van der Waals surface area contributed by atoms with Crippen LogP contribution in [0.3, 0.4) is 0 Å². The highest BCUT2D eigenvalue weighted by atomic mass is 127. The van der Waals surface area contributed by atoms with Crippen LogP contribution in [-0.2, 0) is 6.54 Å². The Hall–Kier alpha value is -0.820. The largest absolute Gasteiger partial charge is 0.354 e. The van der Waals surface area contributed by atoms with Crippen LogP contribution >= 0.6 is 24.0 Å². The number of halogens is 1. The molecule has 2 N–H and O–H groups in total. The maximum absolute atomic E-state index is 4.33. The molecule has 0 bridgehead atoms. The van der Waals surface area contributed by atoms with Gasteiger partial charge < -0.3 is 10.6 Å². The average molecular weight is 414 g/mol. The predicted molar refractivity (Wildman–Crippen MR) is 103 cm³/mol. The summed E-state index contributed by atoms with van der Waals surface area (Å²) < 4.78 is 0. The Morgan fingerprint density at radius 1 is 1.05 bits per heavy atom. The SMILES string of the molecule is CN=C(NC1CC1)NC1CCN(Cc2ccccc2)CC1.I. The molecule has 1 heterocycles. The monoisotopic (exact) mass is 414 g/mol. The molecule has 5 heteroatoms. The van der Waals surface area contributed by atoms with Crippen LogP contribution in [0.4, 0.5) is 0 Å². The Kier molecular flexibility index (Phi) is 6.95. The fraction of sp³-hybridized carbons (Fsp3) is 0.588. The van der Waals surface area contributed by atoms with E-state index in [1.54, 1.807) is 0 Å². The molecule has 0 atom stereocenters. The molecular weight excluding hydrogens is 387 g/mol. The molecule has 0 unspecified atom stereocenters. The van der Waals surface area contributed by atoms with Crippen LogP contribution in [0.2, 0.25) is 0 Å². The van der Waals surface area contributed by atoms with Crippen LogP contribution in [0, 0.1) is 0 Å². The molecule has 2 fully saturated rings.